The molecule has 0 radical (unpaired) electrons. The number of amides is 1. The van der Waals surface area contributed by atoms with Gasteiger partial charge in [-0.25, -0.2) is 0 Å². The zero-order valence-corrected chi connectivity index (χ0v) is 5.05. The van der Waals surface area contributed by atoms with E-state index in [9.17, 15) is 4.79 Å². The molecular weight excluding hydrogens is 118 g/mol. The highest BCUT2D eigenvalue weighted by molar-refractivity contribution is 5.82. The first-order chi connectivity index (χ1) is 4.27. The summed E-state index contributed by atoms with van der Waals surface area (Å²) in [6.45, 7) is 0.114. The van der Waals surface area contributed by atoms with Crippen molar-refractivity contribution in [2.45, 2.75) is 18.4 Å². The molecule has 3 heteroatoms. The molecule has 3 nitrogen and oxygen atoms in total. The number of fused-ring (bicyclic) bond motifs is 1. The van der Waals surface area contributed by atoms with Gasteiger partial charge in [0.05, 0.1) is 12.1 Å². The molecule has 0 aromatic carbocycles. The fourth-order valence-electron chi connectivity index (χ4n) is 1.59. The summed E-state index contributed by atoms with van der Waals surface area (Å²) in [5.41, 5.74) is -0.170. The molecule has 9 heavy (non-hydrogen) atoms. The van der Waals surface area contributed by atoms with Gasteiger partial charge in [-0.15, -0.1) is 0 Å². The molecule has 0 bridgehead atoms. The lowest BCUT2D eigenvalue weighted by Gasteiger charge is -2.07. The molecule has 50 valence electrons. The Morgan fingerprint density at radius 3 is 3.00 bits per heavy atom. The molecule has 2 rings (SSSR count). The van der Waals surface area contributed by atoms with E-state index < -0.39 is 0 Å². The van der Waals surface area contributed by atoms with Crippen LogP contribution < -0.4 is 5.32 Å². The van der Waals surface area contributed by atoms with Gasteiger partial charge >= 0.3 is 0 Å². The number of carbonyl (C=O) groups is 1. The van der Waals surface area contributed by atoms with Crippen LogP contribution >= 0.6 is 0 Å². The van der Waals surface area contributed by atoms with Gasteiger partial charge < -0.3 is 10.4 Å². The summed E-state index contributed by atoms with van der Waals surface area (Å²) in [6.07, 6.45) is 1.61. The van der Waals surface area contributed by atoms with Crippen LogP contribution in [0.25, 0.3) is 0 Å². The van der Waals surface area contributed by atoms with Crippen LogP contribution in [0.15, 0.2) is 0 Å². The number of nitrogens with one attached hydrogen (secondary N) is 1. The topological polar surface area (TPSA) is 49.3 Å². The summed E-state index contributed by atoms with van der Waals surface area (Å²) < 4.78 is 0. The summed E-state index contributed by atoms with van der Waals surface area (Å²) >= 11 is 0. The van der Waals surface area contributed by atoms with Crippen LogP contribution in [0.2, 0.25) is 0 Å². The van der Waals surface area contributed by atoms with Crippen molar-refractivity contribution in [1.29, 1.82) is 0 Å². The molecule has 0 aromatic rings. The summed E-state index contributed by atoms with van der Waals surface area (Å²) in [6, 6.07) is 0. The molecule has 0 aromatic heterocycles. The van der Waals surface area contributed by atoms with Crippen LogP contribution in [0.1, 0.15) is 12.8 Å². The second-order valence-electron chi connectivity index (χ2n) is 2.97. The highest BCUT2D eigenvalue weighted by Crippen LogP contribution is 2.49. The number of hydrogen-bond acceptors (Lipinski definition) is 2. The Hall–Kier alpha value is -0.570. The van der Waals surface area contributed by atoms with Gasteiger partial charge in [-0.3, -0.25) is 4.79 Å². The standard InChI is InChI=1S/C6H9NO2/c8-3-6-2-4(6)1-5(9)7-6/h4,8H,1-3H2,(H,7,9). The van der Waals surface area contributed by atoms with E-state index in [1.807, 2.05) is 0 Å². The zero-order chi connectivity index (χ0) is 6.48. The maximum Gasteiger partial charge on any atom is 0.220 e. The minimum atomic E-state index is -0.170. The van der Waals surface area contributed by atoms with Gasteiger partial charge in [0.25, 0.3) is 0 Å². The monoisotopic (exact) mass is 127 g/mol. The maximum atomic E-state index is 10.6. The lowest BCUT2D eigenvalue weighted by atomic mass is 10.2. The first-order valence-electron chi connectivity index (χ1n) is 3.19. The number of aliphatic hydroxyl groups excluding tert-OH is 1. The van der Waals surface area contributed by atoms with Gasteiger partial charge in [0.15, 0.2) is 0 Å². The number of rotatable bonds is 1. The van der Waals surface area contributed by atoms with Crippen molar-refractivity contribution in [2.24, 2.45) is 5.92 Å². The third-order valence-electron chi connectivity index (χ3n) is 2.33. The molecule has 0 spiro atoms. The molecule has 1 heterocycles. The number of hydrogen-bond donors (Lipinski definition) is 2. The largest absolute Gasteiger partial charge is 0.394 e. The zero-order valence-electron chi connectivity index (χ0n) is 5.05. The lowest BCUT2D eigenvalue weighted by molar-refractivity contribution is -0.120. The first-order valence-corrected chi connectivity index (χ1v) is 3.19. The summed E-state index contributed by atoms with van der Waals surface area (Å²) in [7, 11) is 0. The van der Waals surface area contributed by atoms with Crippen LogP contribution in [-0.2, 0) is 4.79 Å². The maximum absolute atomic E-state index is 10.6. The van der Waals surface area contributed by atoms with Gasteiger partial charge in [-0.2, -0.15) is 0 Å². The van der Waals surface area contributed by atoms with Gasteiger partial charge in [0.1, 0.15) is 0 Å². The Labute approximate surface area is 53.1 Å². The van der Waals surface area contributed by atoms with E-state index in [2.05, 4.69) is 5.32 Å². The molecule has 1 aliphatic carbocycles. The van der Waals surface area contributed by atoms with Crippen LogP contribution in [0, 0.1) is 5.92 Å². The van der Waals surface area contributed by atoms with E-state index in [0.717, 1.165) is 6.42 Å². The van der Waals surface area contributed by atoms with Crippen LogP contribution in [0.3, 0.4) is 0 Å². The Balaban J connectivity index is 2.13. The van der Waals surface area contributed by atoms with Crippen molar-refractivity contribution < 1.29 is 9.90 Å². The van der Waals surface area contributed by atoms with Crippen molar-refractivity contribution in [3.05, 3.63) is 0 Å². The van der Waals surface area contributed by atoms with Gasteiger partial charge in [0, 0.05) is 6.42 Å². The fraction of sp³-hybridized carbons (Fsp3) is 0.833. The molecule has 1 amide bonds. The molecule has 2 aliphatic rings. The third kappa shape index (κ3) is 0.525. The van der Waals surface area contributed by atoms with E-state index >= 15 is 0 Å². The molecule has 1 aliphatic heterocycles. The van der Waals surface area contributed by atoms with Crippen LogP contribution in [0.5, 0.6) is 0 Å². The Morgan fingerprint density at radius 2 is 2.67 bits per heavy atom. The van der Waals surface area contributed by atoms with Gasteiger partial charge in [-0.05, 0) is 12.3 Å². The minimum Gasteiger partial charge on any atom is -0.394 e. The van der Waals surface area contributed by atoms with E-state index in [1.54, 1.807) is 0 Å². The predicted molar refractivity (Wildman–Crippen MR) is 30.7 cm³/mol. The van der Waals surface area contributed by atoms with Crippen molar-refractivity contribution in [1.82, 2.24) is 5.32 Å². The summed E-state index contributed by atoms with van der Waals surface area (Å²) in [4.78, 5) is 10.6. The normalized spacial score (nSPS) is 46.3. The molecule has 2 unspecified atom stereocenters. The Bertz CT molecular complexity index is 164. The van der Waals surface area contributed by atoms with E-state index in [-0.39, 0.29) is 18.1 Å². The molecule has 1 saturated carbocycles. The highest BCUT2D eigenvalue weighted by Gasteiger charge is 2.59. The predicted octanol–water partition coefficient (Wildman–Crippen LogP) is -0.743. The molecule has 2 atom stereocenters. The first kappa shape index (κ1) is 5.23. The Morgan fingerprint density at radius 1 is 1.89 bits per heavy atom. The Kier molecular flexibility index (Phi) is 0.750. The second-order valence-corrected chi connectivity index (χ2v) is 2.97. The van der Waals surface area contributed by atoms with Crippen LogP contribution in [0.4, 0.5) is 0 Å². The molecule has 2 fully saturated rings. The van der Waals surface area contributed by atoms with Crippen molar-refractivity contribution in [3.8, 4) is 0 Å². The minimum absolute atomic E-state index is 0.0975. The third-order valence-corrected chi connectivity index (χ3v) is 2.33. The second kappa shape index (κ2) is 1.29. The molecule has 2 N–H and O–H groups in total. The van der Waals surface area contributed by atoms with E-state index in [1.165, 1.54) is 0 Å². The molecular formula is C6H9NO2. The number of piperidine rings is 1. The van der Waals surface area contributed by atoms with Crippen LogP contribution in [-0.4, -0.2) is 23.2 Å². The highest BCUT2D eigenvalue weighted by atomic mass is 16.3. The van der Waals surface area contributed by atoms with Crippen molar-refractivity contribution >= 4 is 5.91 Å². The summed E-state index contributed by atoms with van der Waals surface area (Å²) in [5.74, 6) is 0.537. The summed E-state index contributed by atoms with van der Waals surface area (Å²) in [5, 5.41) is 11.5. The number of carbonyl (C=O) groups excluding carboxylic acids is 1. The average Bonchev–Trinajstić information content (AvgIpc) is 2.38. The SMILES string of the molecule is O=C1CC2CC2(CO)N1. The van der Waals surface area contributed by atoms with Gasteiger partial charge in [-0.1, -0.05) is 0 Å². The average molecular weight is 127 g/mol. The number of aliphatic hydroxyl groups is 1. The smallest absolute Gasteiger partial charge is 0.220 e. The van der Waals surface area contributed by atoms with Crippen molar-refractivity contribution in [3.63, 3.8) is 0 Å². The van der Waals surface area contributed by atoms with Gasteiger partial charge in [0.2, 0.25) is 5.91 Å². The van der Waals surface area contributed by atoms with Crippen molar-refractivity contribution in [2.75, 3.05) is 6.61 Å². The van der Waals surface area contributed by atoms with E-state index in [4.69, 9.17) is 5.11 Å². The van der Waals surface area contributed by atoms with E-state index in [0.29, 0.717) is 12.3 Å². The fourth-order valence-corrected chi connectivity index (χ4v) is 1.59. The molecule has 1 saturated heterocycles. The lowest BCUT2D eigenvalue weighted by Crippen LogP contribution is -2.34. The quantitative estimate of drug-likeness (QED) is 0.487.